The zero-order valence-corrected chi connectivity index (χ0v) is 18.3. The van der Waals surface area contributed by atoms with Gasteiger partial charge in [0.1, 0.15) is 0 Å². The Morgan fingerprint density at radius 2 is 2.03 bits per heavy atom. The van der Waals surface area contributed by atoms with Crippen molar-refractivity contribution in [1.29, 1.82) is 0 Å². The maximum atomic E-state index is 11.8. The highest BCUT2D eigenvalue weighted by molar-refractivity contribution is 7.22. The predicted octanol–water partition coefficient (Wildman–Crippen LogP) is 4.84. The molecule has 5 nitrogen and oxygen atoms in total. The Labute approximate surface area is 179 Å². The number of rotatable bonds is 4. The number of hydrogen-bond acceptors (Lipinski definition) is 6. The first-order chi connectivity index (χ1) is 13.9. The van der Waals surface area contributed by atoms with E-state index in [0.29, 0.717) is 17.6 Å². The number of benzene rings is 2. The molecular formula is C22H24ClN3O2S. The van der Waals surface area contributed by atoms with E-state index in [1.54, 1.807) is 17.4 Å². The van der Waals surface area contributed by atoms with Crippen LogP contribution < -0.4 is 4.90 Å². The van der Waals surface area contributed by atoms with Crippen molar-refractivity contribution < 1.29 is 9.53 Å². The van der Waals surface area contributed by atoms with Crippen molar-refractivity contribution in [2.75, 3.05) is 25.1 Å². The minimum Gasteiger partial charge on any atom is -0.465 e. The van der Waals surface area contributed by atoms with Crippen LogP contribution in [0.1, 0.15) is 29.8 Å². The fourth-order valence-electron chi connectivity index (χ4n) is 3.84. The first-order valence-corrected chi connectivity index (χ1v) is 10.9. The quantitative estimate of drug-likeness (QED) is 0.555. The highest BCUT2D eigenvalue weighted by atomic mass is 35.5. The average molecular weight is 430 g/mol. The van der Waals surface area contributed by atoms with Gasteiger partial charge in [-0.3, -0.25) is 4.90 Å². The third-order valence-corrected chi connectivity index (χ3v) is 6.72. The minimum atomic E-state index is -0.297. The van der Waals surface area contributed by atoms with E-state index in [1.807, 2.05) is 30.3 Å². The summed E-state index contributed by atoms with van der Waals surface area (Å²) in [5.74, 6) is -0.297. The molecule has 29 heavy (non-hydrogen) atoms. The minimum absolute atomic E-state index is 0.297. The number of hydrogen-bond donors (Lipinski definition) is 0. The summed E-state index contributed by atoms with van der Waals surface area (Å²) in [5.41, 5.74) is 2.71. The number of piperazine rings is 1. The zero-order valence-electron chi connectivity index (χ0n) is 16.8. The van der Waals surface area contributed by atoms with E-state index < -0.39 is 0 Å². The molecule has 4 rings (SSSR count). The van der Waals surface area contributed by atoms with Crippen molar-refractivity contribution in [3.63, 3.8) is 0 Å². The summed E-state index contributed by atoms with van der Waals surface area (Å²) in [4.78, 5) is 21.5. The Morgan fingerprint density at radius 3 is 2.83 bits per heavy atom. The van der Waals surface area contributed by atoms with Gasteiger partial charge in [0.25, 0.3) is 0 Å². The van der Waals surface area contributed by atoms with E-state index in [-0.39, 0.29) is 5.97 Å². The zero-order chi connectivity index (χ0) is 20.5. The first-order valence-electron chi connectivity index (χ1n) is 9.68. The molecule has 0 spiro atoms. The maximum absolute atomic E-state index is 11.8. The number of carbonyl (C=O) groups is 1. The monoisotopic (exact) mass is 429 g/mol. The van der Waals surface area contributed by atoms with E-state index in [1.165, 1.54) is 7.11 Å². The molecule has 1 saturated heterocycles. The van der Waals surface area contributed by atoms with Gasteiger partial charge in [-0.2, -0.15) is 0 Å². The molecule has 1 aromatic heterocycles. The van der Waals surface area contributed by atoms with Crippen LogP contribution >= 0.6 is 22.9 Å². The molecule has 0 amide bonds. The second kappa shape index (κ2) is 8.30. The molecule has 2 atom stereocenters. The van der Waals surface area contributed by atoms with Gasteiger partial charge < -0.3 is 9.64 Å². The van der Waals surface area contributed by atoms with Gasteiger partial charge in [-0.15, -0.1) is 0 Å². The van der Waals surface area contributed by atoms with Crippen molar-refractivity contribution in [1.82, 2.24) is 9.88 Å². The number of halogens is 1. The van der Waals surface area contributed by atoms with Gasteiger partial charge in [0.15, 0.2) is 5.13 Å². The van der Waals surface area contributed by atoms with Crippen LogP contribution in [0.15, 0.2) is 42.5 Å². The average Bonchev–Trinajstić information content (AvgIpc) is 3.13. The highest BCUT2D eigenvalue weighted by Gasteiger charge is 2.30. The SMILES string of the molecule is COC(=O)c1cccc(CN2CC(C)N(c3nc4ccc(Cl)cc4s3)CC2C)c1. The van der Waals surface area contributed by atoms with Crippen LogP contribution in [0.25, 0.3) is 10.2 Å². The largest absolute Gasteiger partial charge is 0.465 e. The Morgan fingerprint density at radius 1 is 1.21 bits per heavy atom. The van der Waals surface area contributed by atoms with Crippen LogP contribution in [-0.2, 0) is 11.3 Å². The lowest BCUT2D eigenvalue weighted by Gasteiger charge is -2.44. The molecule has 0 N–H and O–H groups in total. The third kappa shape index (κ3) is 4.25. The second-order valence-corrected chi connectivity index (χ2v) is 9.03. The predicted molar refractivity (Wildman–Crippen MR) is 119 cm³/mol. The molecule has 1 fully saturated rings. The van der Waals surface area contributed by atoms with Gasteiger partial charge in [0.2, 0.25) is 0 Å². The van der Waals surface area contributed by atoms with Gasteiger partial charge in [0.05, 0.1) is 22.9 Å². The Kier molecular flexibility index (Phi) is 5.76. The Bertz CT molecular complexity index is 1040. The van der Waals surface area contributed by atoms with Crippen molar-refractivity contribution >= 4 is 44.3 Å². The van der Waals surface area contributed by atoms with Gasteiger partial charge in [0, 0.05) is 36.7 Å². The lowest BCUT2D eigenvalue weighted by atomic mass is 10.1. The molecule has 0 aliphatic carbocycles. The van der Waals surface area contributed by atoms with E-state index in [9.17, 15) is 4.79 Å². The van der Waals surface area contributed by atoms with Crippen LogP contribution in [0.3, 0.4) is 0 Å². The summed E-state index contributed by atoms with van der Waals surface area (Å²) >= 11 is 7.83. The normalized spacial score (nSPS) is 20.2. The smallest absolute Gasteiger partial charge is 0.337 e. The molecule has 3 aromatic rings. The van der Waals surface area contributed by atoms with Gasteiger partial charge >= 0.3 is 5.97 Å². The van der Waals surface area contributed by atoms with Gasteiger partial charge in [-0.1, -0.05) is 35.1 Å². The van der Waals surface area contributed by atoms with Gasteiger partial charge in [-0.05, 0) is 49.7 Å². The molecule has 0 bridgehead atoms. The summed E-state index contributed by atoms with van der Waals surface area (Å²) < 4.78 is 5.96. The number of carbonyl (C=O) groups excluding carboxylic acids is 1. The van der Waals surface area contributed by atoms with Crippen LogP contribution in [-0.4, -0.2) is 48.1 Å². The molecule has 1 aliphatic rings. The summed E-state index contributed by atoms with van der Waals surface area (Å²) in [6.45, 7) is 7.13. The number of ether oxygens (including phenoxy) is 1. The summed E-state index contributed by atoms with van der Waals surface area (Å²) in [5, 5.41) is 1.79. The summed E-state index contributed by atoms with van der Waals surface area (Å²) in [7, 11) is 1.41. The van der Waals surface area contributed by atoms with Crippen molar-refractivity contribution in [3.05, 3.63) is 58.6 Å². The fraction of sp³-hybridized carbons (Fsp3) is 0.364. The molecular weight excluding hydrogens is 406 g/mol. The van der Waals surface area contributed by atoms with Crippen LogP contribution in [0.4, 0.5) is 5.13 Å². The molecule has 0 saturated carbocycles. The van der Waals surface area contributed by atoms with Crippen molar-refractivity contribution in [3.8, 4) is 0 Å². The standard InChI is InChI=1S/C22H24ClN3O2S/c1-14-12-26(22-24-19-8-7-18(23)10-20(19)29-22)15(2)11-25(14)13-16-5-4-6-17(9-16)21(27)28-3/h4-10,14-15H,11-13H2,1-3H3. The number of anilines is 1. The van der Waals surface area contributed by atoms with E-state index >= 15 is 0 Å². The summed E-state index contributed by atoms with van der Waals surface area (Å²) in [6, 6.07) is 14.2. The molecule has 2 unspecified atom stereocenters. The highest BCUT2D eigenvalue weighted by Crippen LogP contribution is 2.33. The number of nitrogens with zero attached hydrogens (tertiary/aromatic N) is 3. The number of aromatic nitrogens is 1. The van der Waals surface area contributed by atoms with E-state index in [2.05, 4.69) is 29.7 Å². The van der Waals surface area contributed by atoms with Crippen molar-refractivity contribution in [2.45, 2.75) is 32.5 Å². The van der Waals surface area contributed by atoms with Crippen LogP contribution in [0.5, 0.6) is 0 Å². The van der Waals surface area contributed by atoms with Crippen LogP contribution in [0.2, 0.25) is 5.02 Å². The number of methoxy groups -OCH3 is 1. The third-order valence-electron chi connectivity index (χ3n) is 5.43. The summed E-state index contributed by atoms with van der Waals surface area (Å²) in [6.07, 6.45) is 0. The molecule has 1 aliphatic heterocycles. The number of fused-ring (bicyclic) bond motifs is 1. The topological polar surface area (TPSA) is 45.7 Å². The molecule has 2 aromatic carbocycles. The van der Waals surface area contributed by atoms with E-state index in [4.69, 9.17) is 21.3 Å². The fourth-order valence-corrected chi connectivity index (χ4v) is 5.20. The van der Waals surface area contributed by atoms with E-state index in [0.717, 1.165) is 45.6 Å². The van der Waals surface area contributed by atoms with Gasteiger partial charge in [-0.25, -0.2) is 9.78 Å². The number of esters is 1. The molecule has 152 valence electrons. The Balaban J connectivity index is 1.49. The number of thiazole rings is 1. The lowest BCUT2D eigenvalue weighted by Crippen LogP contribution is -2.56. The maximum Gasteiger partial charge on any atom is 0.337 e. The van der Waals surface area contributed by atoms with Crippen LogP contribution in [0, 0.1) is 0 Å². The lowest BCUT2D eigenvalue weighted by molar-refractivity contribution is 0.0600. The Hall–Kier alpha value is -2.15. The van der Waals surface area contributed by atoms with Crippen molar-refractivity contribution in [2.24, 2.45) is 0 Å². The second-order valence-electron chi connectivity index (χ2n) is 7.58. The molecule has 0 radical (unpaired) electrons. The first kappa shape index (κ1) is 20.1. The molecule has 2 heterocycles. The molecule has 7 heteroatoms.